The quantitative estimate of drug-likeness (QED) is 0.230. The van der Waals surface area contributed by atoms with Gasteiger partial charge in [-0.3, -0.25) is 4.79 Å². The van der Waals surface area contributed by atoms with Crippen molar-refractivity contribution in [3.63, 3.8) is 0 Å². The lowest BCUT2D eigenvalue weighted by atomic mass is 10.6. The molecule has 0 aliphatic carbocycles. The molecule has 0 fully saturated rings. The van der Waals surface area contributed by atoms with Gasteiger partial charge in [-0.2, -0.15) is 0 Å². The molecule has 0 saturated carbocycles. The average Bonchev–Trinajstić information content (AvgIpc) is 1.89. The molecule has 0 saturated heterocycles. The van der Waals surface area contributed by atoms with Crippen LogP contribution in [-0.2, 0) is 19.1 Å². The highest BCUT2D eigenvalue weighted by Gasteiger charge is 1.87. The summed E-state index contributed by atoms with van der Waals surface area (Å²) in [6.45, 7) is 0.208. The van der Waals surface area contributed by atoms with Crippen LogP contribution in [0.25, 0.3) is 0 Å². The Morgan fingerprint density at radius 2 is 2.22 bits per heavy atom. The van der Waals surface area contributed by atoms with E-state index in [1.165, 1.54) is 7.11 Å². The van der Waals surface area contributed by atoms with Gasteiger partial charge in [0, 0.05) is 0 Å². The number of hydrogen-bond acceptors (Lipinski definition) is 4. The predicted octanol–water partition coefficient (Wildman–Crippen LogP) is -0.154. The lowest BCUT2D eigenvalue weighted by molar-refractivity contribution is -0.135. The summed E-state index contributed by atoms with van der Waals surface area (Å²) in [7, 11) is 1.23. The minimum absolute atomic E-state index is 0.208. The van der Waals surface area contributed by atoms with Gasteiger partial charge in [-0.1, -0.05) is 0 Å². The summed E-state index contributed by atoms with van der Waals surface area (Å²) in [5.41, 5.74) is 0. The first-order chi connectivity index (χ1) is 4.31. The van der Waals surface area contributed by atoms with Gasteiger partial charge in [0.2, 0.25) is 0 Å². The number of hydrogen-bond donors (Lipinski definition) is 0. The molecule has 0 aliphatic heterocycles. The molecule has 4 nitrogen and oxygen atoms in total. The van der Waals surface area contributed by atoms with Crippen LogP contribution in [0.2, 0.25) is 0 Å². The van der Waals surface area contributed by atoms with Crippen molar-refractivity contribution < 1.29 is 19.1 Å². The Balaban J connectivity index is 3.43. The second-order valence-corrected chi connectivity index (χ2v) is 1.06. The van der Waals surface area contributed by atoms with Crippen molar-refractivity contribution in [2.75, 3.05) is 7.11 Å². The van der Waals surface area contributed by atoms with Crippen molar-refractivity contribution in [2.24, 2.45) is 0 Å². The molecule has 0 unspecified atom stereocenters. The summed E-state index contributed by atoms with van der Waals surface area (Å²) >= 11 is 0. The summed E-state index contributed by atoms with van der Waals surface area (Å²) in [5.74, 6) is -0.558. The van der Waals surface area contributed by atoms with Crippen LogP contribution in [0.5, 0.6) is 0 Å². The van der Waals surface area contributed by atoms with Gasteiger partial charge in [0.15, 0.2) is 0 Å². The van der Waals surface area contributed by atoms with E-state index in [0.717, 1.165) is 12.3 Å². The first-order valence-corrected chi connectivity index (χ1v) is 2.15. The van der Waals surface area contributed by atoms with Gasteiger partial charge in [-0.15, -0.1) is 0 Å². The van der Waals surface area contributed by atoms with Crippen molar-refractivity contribution in [3.05, 3.63) is 12.3 Å². The van der Waals surface area contributed by atoms with E-state index in [1.807, 2.05) is 0 Å². The maximum atomic E-state index is 10.2. The lowest BCUT2D eigenvalue weighted by Crippen LogP contribution is -1.93. The topological polar surface area (TPSA) is 52.6 Å². The second-order valence-electron chi connectivity index (χ2n) is 1.06. The summed E-state index contributed by atoms with van der Waals surface area (Å²) < 4.78 is 8.22. The Morgan fingerprint density at radius 3 is 2.67 bits per heavy atom. The standard InChI is InChI=1S/C5H6O4/c1-8-5(7)2-3-9-4-6/h2-4H,1H3/b3-2+. The molecule has 0 aromatic rings. The van der Waals surface area contributed by atoms with Crippen LogP contribution in [0.15, 0.2) is 12.3 Å². The van der Waals surface area contributed by atoms with Crippen LogP contribution in [0.4, 0.5) is 0 Å². The number of carbonyl (C=O) groups excluding carboxylic acids is 2. The Morgan fingerprint density at radius 1 is 1.56 bits per heavy atom. The molecule has 0 aromatic carbocycles. The molecule has 4 heteroatoms. The van der Waals surface area contributed by atoms with Crippen molar-refractivity contribution in [1.82, 2.24) is 0 Å². The zero-order valence-corrected chi connectivity index (χ0v) is 4.87. The van der Waals surface area contributed by atoms with E-state index in [1.54, 1.807) is 0 Å². The van der Waals surface area contributed by atoms with E-state index in [9.17, 15) is 9.59 Å². The van der Waals surface area contributed by atoms with Crippen molar-refractivity contribution >= 4 is 12.4 Å². The van der Waals surface area contributed by atoms with E-state index in [2.05, 4.69) is 9.47 Å². The van der Waals surface area contributed by atoms with Crippen LogP contribution in [0.3, 0.4) is 0 Å². The van der Waals surface area contributed by atoms with Gasteiger partial charge in [0.25, 0.3) is 6.47 Å². The summed E-state index contributed by atoms with van der Waals surface area (Å²) in [5, 5.41) is 0. The zero-order chi connectivity index (χ0) is 7.11. The van der Waals surface area contributed by atoms with E-state index >= 15 is 0 Å². The molecule has 0 N–H and O–H groups in total. The highest BCUT2D eigenvalue weighted by atomic mass is 16.5. The molecule has 0 heterocycles. The van der Waals surface area contributed by atoms with Crippen LogP contribution in [0.1, 0.15) is 0 Å². The third kappa shape index (κ3) is 4.53. The fourth-order valence-electron chi connectivity index (χ4n) is 0.195. The lowest BCUT2D eigenvalue weighted by Gasteiger charge is -1.86. The number of ether oxygens (including phenoxy) is 2. The maximum absolute atomic E-state index is 10.2. The number of esters is 1. The first kappa shape index (κ1) is 7.68. The SMILES string of the molecule is COC(=O)/C=C/OC=O. The molecular weight excluding hydrogens is 124 g/mol. The fourth-order valence-corrected chi connectivity index (χ4v) is 0.195. The molecule has 0 bridgehead atoms. The van der Waals surface area contributed by atoms with E-state index in [4.69, 9.17) is 0 Å². The third-order valence-corrected chi connectivity index (χ3v) is 0.539. The van der Waals surface area contributed by atoms with E-state index in [0.29, 0.717) is 0 Å². The monoisotopic (exact) mass is 130 g/mol. The van der Waals surface area contributed by atoms with Gasteiger partial charge in [0.1, 0.15) is 6.26 Å². The fraction of sp³-hybridized carbons (Fsp3) is 0.200. The average molecular weight is 130 g/mol. The van der Waals surface area contributed by atoms with Crippen molar-refractivity contribution in [1.29, 1.82) is 0 Å². The molecule has 0 radical (unpaired) electrons. The van der Waals surface area contributed by atoms with Crippen LogP contribution >= 0.6 is 0 Å². The molecule has 0 spiro atoms. The first-order valence-electron chi connectivity index (χ1n) is 2.15. The smallest absolute Gasteiger partial charge is 0.333 e. The molecule has 0 atom stereocenters. The van der Waals surface area contributed by atoms with Gasteiger partial charge >= 0.3 is 5.97 Å². The molecule has 0 amide bonds. The Kier molecular flexibility index (Phi) is 4.12. The normalized spacial score (nSPS) is 9.00. The van der Waals surface area contributed by atoms with Crippen LogP contribution in [-0.4, -0.2) is 19.6 Å². The maximum Gasteiger partial charge on any atom is 0.333 e. The van der Waals surface area contributed by atoms with Gasteiger partial charge in [-0.25, -0.2) is 4.79 Å². The predicted molar refractivity (Wildman–Crippen MR) is 28.3 cm³/mol. The Bertz CT molecular complexity index is 127. The number of rotatable bonds is 3. The van der Waals surface area contributed by atoms with Crippen LogP contribution in [0, 0.1) is 0 Å². The van der Waals surface area contributed by atoms with E-state index < -0.39 is 5.97 Å². The largest absolute Gasteiger partial charge is 0.466 e. The molecule has 9 heavy (non-hydrogen) atoms. The minimum Gasteiger partial charge on any atom is -0.466 e. The third-order valence-electron chi connectivity index (χ3n) is 0.539. The van der Waals surface area contributed by atoms with Crippen molar-refractivity contribution in [2.45, 2.75) is 0 Å². The van der Waals surface area contributed by atoms with E-state index in [-0.39, 0.29) is 6.47 Å². The van der Waals surface area contributed by atoms with Gasteiger partial charge < -0.3 is 9.47 Å². The summed E-state index contributed by atoms with van der Waals surface area (Å²) in [6.07, 6.45) is 1.94. The molecule has 0 aliphatic rings. The summed E-state index contributed by atoms with van der Waals surface area (Å²) in [6, 6.07) is 0. The minimum atomic E-state index is -0.558. The molecule has 0 aromatic heterocycles. The Labute approximate surface area is 52.1 Å². The molecular formula is C5H6O4. The molecule has 50 valence electrons. The zero-order valence-electron chi connectivity index (χ0n) is 4.87. The van der Waals surface area contributed by atoms with Gasteiger partial charge in [0.05, 0.1) is 13.2 Å². The number of carbonyl (C=O) groups is 2. The van der Waals surface area contributed by atoms with Crippen LogP contribution < -0.4 is 0 Å². The highest BCUT2D eigenvalue weighted by molar-refractivity contribution is 5.81. The highest BCUT2D eigenvalue weighted by Crippen LogP contribution is 1.76. The second kappa shape index (κ2) is 4.83. The van der Waals surface area contributed by atoms with Crippen molar-refractivity contribution in [3.8, 4) is 0 Å². The number of methoxy groups -OCH3 is 1. The Hall–Kier alpha value is -1.32. The molecule has 0 rings (SSSR count). The van der Waals surface area contributed by atoms with Gasteiger partial charge in [-0.05, 0) is 0 Å². The summed E-state index contributed by atoms with van der Waals surface area (Å²) in [4.78, 5) is 19.6.